The predicted octanol–water partition coefficient (Wildman–Crippen LogP) is 5.07. The normalized spacial score (nSPS) is 21.6. The van der Waals surface area contributed by atoms with Crippen molar-refractivity contribution in [3.63, 3.8) is 0 Å². The van der Waals surface area contributed by atoms with Crippen molar-refractivity contribution in [1.29, 1.82) is 0 Å². The Bertz CT molecular complexity index is 1190. The molecule has 1 aliphatic heterocycles. The molecule has 1 aromatic carbocycles. The van der Waals surface area contributed by atoms with Gasteiger partial charge < -0.3 is 15.2 Å². The van der Waals surface area contributed by atoms with E-state index < -0.39 is 35.3 Å². The smallest absolute Gasteiger partial charge is 0.433 e. The van der Waals surface area contributed by atoms with Gasteiger partial charge in [0.05, 0.1) is 22.9 Å². The molecule has 0 amide bonds. The summed E-state index contributed by atoms with van der Waals surface area (Å²) in [6, 6.07) is 3.67. The molecule has 1 aliphatic rings. The first-order chi connectivity index (χ1) is 16.3. The van der Waals surface area contributed by atoms with Crippen molar-refractivity contribution < 1.29 is 36.2 Å². The van der Waals surface area contributed by atoms with Gasteiger partial charge in [0, 0.05) is 29.2 Å². The Kier molecular flexibility index (Phi) is 6.47. The van der Waals surface area contributed by atoms with Gasteiger partial charge in [-0.15, -0.1) is 0 Å². The van der Waals surface area contributed by atoms with Gasteiger partial charge in [-0.2, -0.15) is 31.4 Å². The third-order valence-corrected chi connectivity index (χ3v) is 6.06. The van der Waals surface area contributed by atoms with E-state index in [1.54, 1.807) is 13.8 Å². The highest BCUT2D eigenvalue weighted by Gasteiger charge is 2.39. The molecule has 0 saturated carbocycles. The summed E-state index contributed by atoms with van der Waals surface area (Å²) in [6.07, 6.45) is -6.54. The van der Waals surface area contributed by atoms with E-state index in [-0.39, 0.29) is 47.7 Å². The summed E-state index contributed by atoms with van der Waals surface area (Å²) >= 11 is 0. The molecular weight excluding hydrogens is 478 g/mol. The third-order valence-electron chi connectivity index (χ3n) is 6.06. The number of fused-ring (bicyclic) bond motifs is 1. The predicted molar refractivity (Wildman–Crippen MR) is 115 cm³/mol. The van der Waals surface area contributed by atoms with Crippen molar-refractivity contribution in [3.05, 3.63) is 53.5 Å². The van der Waals surface area contributed by atoms with Gasteiger partial charge in [-0.25, -0.2) is 0 Å². The van der Waals surface area contributed by atoms with Gasteiger partial charge in [0.15, 0.2) is 0 Å². The van der Waals surface area contributed by atoms with Crippen molar-refractivity contribution in [1.82, 2.24) is 20.1 Å². The second kappa shape index (κ2) is 8.98. The lowest BCUT2D eigenvalue weighted by Crippen LogP contribution is -2.49. The van der Waals surface area contributed by atoms with E-state index in [4.69, 9.17) is 4.74 Å². The van der Waals surface area contributed by atoms with Crippen molar-refractivity contribution in [2.45, 2.75) is 56.7 Å². The van der Waals surface area contributed by atoms with E-state index in [1.165, 1.54) is 23.0 Å². The molecule has 0 unspecified atom stereocenters. The topological polar surface area (TPSA) is 72.2 Å². The maximum Gasteiger partial charge on any atom is 0.433 e. The van der Waals surface area contributed by atoms with Crippen LogP contribution in [0.15, 0.2) is 36.7 Å². The molecule has 35 heavy (non-hydrogen) atoms. The lowest BCUT2D eigenvalue weighted by molar-refractivity contribution is -0.141. The second-order valence-electron chi connectivity index (χ2n) is 8.97. The van der Waals surface area contributed by atoms with Crippen LogP contribution in [0.5, 0.6) is 5.75 Å². The van der Waals surface area contributed by atoms with Crippen molar-refractivity contribution in [3.8, 4) is 5.75 Å². The van der Waals surface area contributed by atoms with Gasteiger partial charge in [-0.1, -0.05) is 6.07 Å². The summed E-state index contributed by atoms with van der Waals surface area (Å²) in [5.41, 5.74) is -3.16. The van der Waals surface area contributed by atoms with Gasteiger partial charge >= 0.3 is 12.4 Å². The number of hydrogen-bond donors (Lipinski definition) is 2. The molecule has 0 bridgehead atoms. The number of halogens is 6. The monoisotopic (exact) mass is 502 g/mol. The molecule has 12 heteroatoms. The Balaban J connectivity index is 1.52. The number of nitrogens with one attached hydrogen (secondary N) is 1. The highest BCUT2D eigenvalue weighted by atomic mass is 19.4. The Morgan fingerprint density at radius 2 is 1.89 bits per heavy atom. The summed E-state index contributed by atoms with van der Waals surface area (Å²) in [4.78, 5) is 3.41. The SMILES string of the molecule is CC(C)n1ncc2cc(OC[C@@H]3C[C@](O)(c4ccc(C(F)(F)F)nc4)CCN3)cc(C(F)(F)F)c21. The lowest BCUT2D eigenvalue weighted by Gasteiger charge is -2.37. The van der Waals surface area contributed by atoms with Gasteiger partial charge in [-0.05, 0) is 51.4 Å². The number of hydrogen-bond acceptors (Lipinski definition) is 5. The number of piperidine rings is 1. The van der Waals surface area contributed by atoms with E-state index in [2.05, 4.69) is 15.4 Å². The van der Waals surface area contributed by atoms with Crippen LogP contribution >= 0.6 is 0 Å². The molecule has 2 N–H and O–H groups in total. The van der Waals surface area contributed by atoms with Crippen LogP contribution in [0.3, 0.4) is 0 Å². The van der Waals surface area contributed by atoms with Crippen LogP contribution in [0.4, 0.5) is 26.3 Å². The van der Waals surface area contributed by atoms with Crippen LogP contribution in [0, 0.1) is 0 Å². The first kappa shape index (κ1) is 25.2. The molecule has 6 nitrogen and oxygen atoms in total. The first-order valence-electron chi connectivity index (χ1n) is 11.0. The molecule has 2 aromatic heterocycles. The van der Waals surface area contributed by atoms with E-state index >= 15 is 0 Å². The van der Waals surface area contributed by atoms with Gasteiger partial charge in [0.1, 0.15) is 18.1 Å². The van der Waals surface area contributed by atoms with Crippen molar-refractivity contribution in [2.75, 3.05) is 13.2 Å². The zero-order valence-electron chi connectivity index (χ0n) is 18.9. The summed E-state index contributed by atoms with van der Waals surface area (Å²) in [7, 11) is 0. The minimum atomic E-state index is -4.62. The number of alkyl halides is 6. The fraction of sp³-hybridized carbons (Fsp3) is 0.478. The molecule has 4 rings (SSSR count). The van der Waals surface area contributed by atoms with E-state index in [0.717, 1.165) is 18.3 Å². The molecule has 3 heterocycles. The Morgan fingerprint density at radius 3 is 2.49 bits per heavy atom. The summed E-state index contributed by atoms with van der Waals surface area (Å²) in [5, 5.41) is 18.6. The minimum absolute atomic E-state index is 0.000223. The molecule has 1 saturated heterocycles. The van der Waals surface area contributed by atoms with E-state index in [9.17, 15) is 31.4 Å². The quantitative estimate of drug-likeness (QED) is 0.477. The van der Waals surface area contributed by atoms with Crippen LogP contribution in [0.1, 0.15) is 49.6 Å². The second-order valence-corrected chi connectivity index (χ2v) is 8.97. The standard InChI is InChI=1S/C23H24F6N4O2/c1-13(2)33-20-14(10-32-33)7-17(8-18(20)22(24,25)26)35-12-16-9-21(34,5-6-30-16)15-3-4-19(31-11-15)23(27,28)29/h3-4,7-8,10-11,13,16,30,34H,5-6,9,12H2,1-2H3/t16-,21-/m0/s1. The van der Waals surface area contributed by atoms with Crippen molar-refractivity contribution >= 4 is 10.9 Å². The number of benzene rings is 1. The van der Waals surface area contributed by atoms with E-state index in [1.807, 2.05) is 0 Å². The molecule has 190 valence electrons. The Hall–Kier alpha value is -2.86. The number of ether oxygens (including phenoxy) is 1. The fourth-order valence-corrected chi connectivity index (χ4v) is 4.34. The molecule has 0 spiro atoms. The zero-order valence-corrected chi connectivity index (χ0v) is 18.9. The molecule has 0 aliphatic carbocycles. The molecular formula is C23H24F6N4O2. The largest absolute Gasteiger partial charge is 0.492 e. The maximum absolute atomic E-state index is 13.8. The van der Waals surface area contributed by atoms with Crippen molar-refractivity contribution in [2.24, 2.45) is 0 Å². The lowest BCUT2D eigenvalue weighted by atomic mass is 9.82. The van der Waals surface area contributed by atoms with Gasteiger partial charge in [0.25, 0.3) is 0 Å². The van der Waals surface area contributed by atoms with E-state index in [0.29, 0.717) is 6.54 Å². The summed E-state index contributed by atoms with van der Waals surface area (Å²) < 4.78 is 86.7. The molecule has 2 atom stereocenters. The number of aliphatic hydroxyl groups is 1. The average molecular weight is 502 g/mol. The minimum Gasteiger partial charge on any atom is -0.492 e. The fourth-order valence-electron chi connectivity index (χ4n) is 4.34. The van der Waals surface area contributed by atoms with Gasteiger partial charge in [-0.3, -0.25) is 9.67 Å². The van der Waals surface area contributed by atoms with Crippen LogP contribution in [-0.2, 0) is 18.0 Å². The summed E-state index contributed by atoms with van der Waals surface area (Å²) in [5.74, 6) is 0.000223. The highest BCUT2D eigenvalue weighted by Crippen LogP contribution is 2.39. The maximum atomic E-state index is 13.8. The highest BCUT2D eigenvalue weighted by molar-refractivity contribution is 5.84. The van der Waals surface area contributed by atoms with Crippen LogP contribution in [-0.4, -0.2) is 39.1 Å². The first-order valence-corrected chi connectivity index (χ1v) is 11.0. The number of nitrogens with zero attached hydrogens (tertiary/aromatic N) is 3. The van der Waals surface area contributed by atoms with Crippen LogP contribution in [0.25, 0.3) is 10.9 Å². The van der Waals surface area contributed by atoms with Crippen LogP contribution < -0.4 is 10.1 Å². The average Bonchev–Trinajstić information content (AvgIpc) is 3.20. The Labute approximate surface area is 196 Å². The zero-order chi connectivity index (χ0) is 25.6. The molecule has 3 aromatic rings. The number of aromatic nitrogens is 3. The van der Waals surface area contributed by atoms with Crippen LogP contribution in [0.2, 0.25) is 0 Å². The summed E-state index contributed by atoms with van der Waals surface area (Å²) in [6.45, 7) is 3.75. The number of pyridine rings is 1. The molecule has 1 fully saturated rings. The molecule has 0 radical (unpaired) electrons. The third kappa shape index (κ3) is 5.22. The number of rotatable bonds is 5. The Morgan fingerprint density at radius 1 is 1.14 bits per heavy atom. The van der Waals surface area contributed by atoms with Gasteiger partial charge in [0.2, 0.25) is 0 Å².